The number of benzene rings is 3. The highest BCUT2D eigenvalue weighted by molar-refractivity contribution is 5.90. The lowest BCUT2D eigenvalue weighted by Crippen LogP contribution is -2.52. The Labute approximate surface area is 202 Å². The van der Waals surface area contributed by atoms with Crippen molar-refractivity contribution in [2.24, 2.45) is 0 Å². The number of nitrogens with one attached hydrogen (secondary N) is 2. The van der Waals surface area contributed by atoms with Crippen molar-refractivity contribution in [1.29, 1.82) is 0 Å². The Morgan fingerprint density at radius 3 is 2.23 bits per heavy atom. The molecule has 7 nitrogen and oxygen atoms in total. The summed E-state index contributed by atoms with van der Waals surface area (Å²) in [5.41, 5.74) is 1.87. The number of rotatable bonds is 11. The van der Waals surface area contributed by atoms with Gasteiger partial charge in [-0.2, -0.15) is 0 Å². The molecule has 0 saturated heterocycles. The van der Waals surface area contributed by atoms with Gasteiger partial charge in [-0.3, -0.25) is 9.59 Å². The van der Waals surface area contributed by atoms with Gasteiger partial charge >= 0.3 is 5.97 Å². The molecule has 0 aliphatic carbocycles. The molecule has 0 aliphatic heterocycles. The van der Waals surface area contributed by atoms with Crippen molar-refractivity contribution >= 4 is 17.8 Å². The Morgan fingerprint density at radius 2 is 1.54 bits per heavy atom. The van der Waals surface area contributed by atoms with E-state index < -0.39 is 35.7 Å². The lowest BCUT2D eigenvalue weighted by molar-refractivity contribution is -0.142. The molecule has 3 aromatic carbocycles. The van der Waals surface area contributed by atoms with Crippen LogP contribution in [0.1, 0.15) is 23.6 Å². The van der Waals surface area contributed by atoms with Crippen molar-refractivity contribution < 1.29 is 28.6 Å². The van der Waals surface area contributed by atoms with E-state index in [4.69, 9.17) is 4.74 Å². The first kappa shape index (κ1) is 25.4. The topological polar surface area (TPSA) is 105 Å². The van der Waals surface area contributed by atoms with E-state index in [-0.39, 0.29) is 18.4 Å². The Morgan fingerprint density at radius 1 is 0.857 bits per heavy atom. The second-order valence-corrected chi connectivity index (χ2v) is 8.07. The average molecular weight is 479 g/mol. The van der Waals surface area contributed by atoms with E-state index in [1.165, 1.54) is 25.1 Å². The molecule has 8 heteroatoms. The normalized spacial score (nSPS) is 12.3. The third kappa shape index (κ3) is 7.96. The number of halogens is 1. The fourth-order valence-electron chi connectivity index (χ4n) is 3.55. The lowest BCUT2D eigenvalue weighted by atomic mass is 10.0. The summed E-state index contributed by atoms with van der Waals surface area (Å²) in [7, 11) is 0. The van der Waals surface area contributed by atoms with Gasteiger partial charge in [0.15, 0.2) is 0 Å². The largest absolute Gasteiger partial charge is 0.489 e. The highest BCUT2D eigenvalue weighted by Crippen LogP contribution is 2.17. The van der Waals surface area contributed by atoms with Gasteiger partial charge in [-0.1, -0.05) is 60.7 Å². The van der Waals surface area contributed by atoms with E-state index in [1.807, 2.05) is 30.3 Å². The van der Waals surface area contributed by atoms with E-state index in [0.717, 1.165) is 5.56 Å². The molecule has 0 fully saturated rings. The van der Waals surface area contributed by atoms with Crippen LogP contribution in [-0.2, 0) is 33.8 Å². The van der Waals surface area contributed by atoms with Crippen LogP contribution >= 0.6 is 0 Å². The first-order valence-electron chi connectivity index (χ1n) is 11.1. The van der Waals surface area contributed by atoms with E-state index >= 15 is 0 Å². The number of hydrogen-bond acceptors (Lipinski definition) is 4. The van der Waals surface area contributed by atoms with E-state index in [0.29, 0.717) is 17.9 Å². The molecule has 0 aromatic heterocycles. The second kappa shape index (κ2) is 12.3. The quantitative estimate of drug-likeness (QED) is 0.392. The lowest BCUT2D eigenvalue weighted by Gasteiger charge is -2.21. The molecule has 35 heavy (non-hydrogen) atoms. The molecule has 0 radical (unpaired) electrons. The number of carbonyl (C=O) groups is 3. The number of amides is 2. The Hall–Kier alpha value is -4.20. The van der Waals surface area contributed by atoms with Crippen LogP contribution in [0.15, 0.2) is 78.9 Å². The summed E-state index contributed by atoms with van der Waals surface area (Å²) in [6.45, 7) is 1.59. The maximum absolute atomic E-state index is 14.1. The van der Waals surface area contributed by atoms with Crippen molar-refractivity contribution in [2.45, 2.75) is 38.5 Å². The molecule has 2 atom stereocenters. The van der Waals surface area contributed by atoms with Crippen molar-refractivity contribution in [1.82, 2.24) is 10.6 Å². The highest BCUT2D eigenvalue weighted by Gasteiger charge is 2.27. The third-order valence-electron chi connectivity index (χ3n) is 5.28. The maximum Gasteiger partial charge on any atom is 0.326 e. The Balaban J connectivity index is 1.68. The molecule has 0 spiro atoms. The van der Waals surface area contributed by atoms with E-state index in [9.17, 15) is 23.9 Å². The monoisotopic (exact) mass is 478 g/mol. The van der Waals surface area contributed by atoms with Crippen LogP contribution in [0, 0.1) is 5.82 Å². The van der Waals surface area contributed by atoms with Gasteiger partial charge in [0.1, 0.15) is 30.3 Å². The van der Waals surface area contributed by atoms with Crippen LogP contribution in [0.2, 0.25) is 0 Å². The number of carboxylic acid groups (broad SMARTS) is 1. The summed E-state index contributed by atoms with van der Waals surface area (Å²) in [5, 5.41) is 14.7. The molecule has 0 unspecified atom stereocenters. The number of carbonyl (C=O) groups excluding carboxylic acids is 2. The van der Waals surface area contributed by atoms with E-state index in [2.05, 4.69) is 10.6 Å². The molecular formula is C27H27FN2O5. The molecule has 3 N–H and O–H groups in total. The van der Waals surface area contributed by atoms with Crippen LogP contribution < -0.4 is 15.4 Å². The zero-order chi connectivity index (χ0) is 25.2. The van der Waals surface area contributed by atoms with Gasteiger partial charge in [0, 0.05) is 19.8 Å². The van der Waals surface area contributed by atoms with Crippen LogP contribution in [0.3, 0.4) is 0 Å². The first-order chi connectivity index (χ1) is 16.8. The van der Waals surface area contributed by atoms with Crippen LogP contribution in [-0.4, -0.2) is 35.0 Å². The zero-order valence-corrected chi connectivity index (χ0v) is 19.2. The summed E-state index contributed by atoms with van der Waals surface area (Å²) >= 11 is 0. The smallest absolute Gasteiger partial charge is 0.326 e. The van der Waals surface area contributed by atoms with Gasteiger partial charge in [-0.25, -0.2) is 9.18 Å². The van der Waals surface area contributed by atoms with Crippen LogP contribution in [0.5, 0.6) is 5.75 Å². The minimum atomic E-state index is -1.26. The van der Waals surface area contributed by atoms with Gasteiger partial charge in [-0.05, 0) is 34.9 Å². The SMILES string of the molecule is CC(=O)N[C@H](Cc1ccccc1F)C(=O)N[C@H](Cc1cccc(OCc2ccccc2)c1)C(=O)O. The van der Waals surface area contributed by atoms with Gasteiger partial charge in [0.2, 0.25) is 11.8 Å². The molecular weight excluding hydrogens is 451 g/mol. The fraction of sp³-hybridized carbons (Fsp3) is 0.222. The minimum absolute atomic E-state index is 0.00387. The van der Waals surface area contributed by atoms with Crippen LogP contribution in [0.4, 0.5) is 4.39 Å². The number of aliphatic carboxylic acids is 1. The highest BCUT2D eigenvalue weighted by atomic mass is 19.1. The van der Waals surface area contributed by atoms with Crippen LogP contribution in [0.25, 0.3) is 0 Å². The zero-order valence-electron chi connectivity index (χ0n) is 19.2. The maximum atomic E-state index is 14.1. The van der Waals surface area contributed by atoms with Gasteiger partial charge in [0.25, 0.3) is 0 Å². The molecule has 182 valence electrons. The van der Waals surface area contributed by atoms with Crippen molar-refractivity contribution in [3.63, 3.8) is 0 Å². The number of ether oxygens (including phenoxy) is 1. The molecule has 3 aromatic rings. The van der Waals surface area contributed by atoms with Crippen molar-refractivity contribution in [3.8, 4) is 5.75 Å². The standard InChI is InChI=1S/C27H27FN2O5/c1-18(31)29-24(16-21-11-5-6-13-23(21)28)26(32)30-25(27(33)34)15-20-10-7-12-22(14-20)35-17-19-8-3-2-4-9-19/h2-14,24-25H,15-17H2,1H3,(H,29,31)(H,30,32)(H,33,34)/t24-,25-/m1/s1. The van der Waals surface area contributed by atoms with Gasteiger partial charge < -0.3 is 20.5 Å². The molecule has 0 aliphatic rings. The number of hydrogen-bond donors (Lipinski definition) is 3. The van der Waals surface area contributed by atoms with Crippen molar-refractivity contribution in [2.75, 3.05) is 0 Å². The minimum Gasteiger partial charge on any atom is -0.489 e. The summed E-state index contributed by atoms with van der Waals surface area (Å²) in [5.74, 6) is -2.39. The molecule has 0 heterocycles. The summed E-state index contributed by atoms with van der Waals surface area (Å²) < 4.78 is 19.9. The molecule has 0 bridgehead atoms. The molecule has 0 saturated carbocycles. The van der Waals surface area contributed by atoms with E-state index in [1.54, 1.807) is 30.3 Å². The summed E-state index contributed by atoms with van der Waals surface area (Å²) in [6.07, 6.45) is -0.122. The fourth-order valence-corrected chi connectivity index (χ4v) is 3.55. The Kier molecular flexibility index (Phi) is 8.95. The molecule has 3 rings (SSSR count). The summed E-state index contributed by atoms with van der Waals surface area (Å²) in [6, 6.07) is 20.1. The third-order valence-corrected chi connectivity index (χ3v) is 5.28. The van der Waals surface area contributed by atoms with Crippen molar-refractivity contribution in [3.05, 3.63) is 101 Å². The first-order valence-corrected chi connectivity index (χ1v) is 11.1. The predicted molar refractivity (Wildman–Crippen MR) is 128 cm³/mol. The average Bonchev–Trinajstić information content (AvgIpc) is 2.84. The number of carboxylic acids is 1. The molecule has 2 amide bonds. The predicted octanol–water partition coefficient (Wildman–Crippen LogP) is 3.26. The van der Waals surface area contributed by atoms with Gasteiger partial charge in [0.05, 0.1) is 0 Å². The van der Waals surface area contributed by atoms with Gasteiger partial charge in [-0.15, -0.1) is 0 Å². The Bertz CT molecular complexity index is 1170. The second-order valence-electron chi connectivity index (χ2n) is 8.07. The summed E-state index contributed by atoms with van der Waals surface area (Å²) in [4.78, 5) is 36.4.